The van der Waals surface area contributed by atoms with Gasteiger partial charge in [0, 0.05) is 10.6 Å². The summed E-state index contributed by atoms with van der Waals surface area (Å²) in [6, 6.07) is 23.2. The largest absolute Gasteiger partial charge is 0.490 e. The molecule has 0 bridgehead atoms. The first-order valence-corrected chi connectivity index (χ1v) is 13.0. The minimum absolute atomic E-state index is 0.298. The lowest BCUT2D eigenvalue weighted by Gasteiger charge is -2.19. The van der Waals surface area contributed by atoms with Gasteiger partial charge in [-0.2, -0.15) is 0 Å². The van der Waals surface area contributed by atoms with Crippen LogP contribution in [0, 0.1) is 17.0 Å². The first kappa shape index (κ1) is 25.7. The molecule has 3 aromatic carbocycles. The fourth-order valence-electron chi connectivity index (χ4n) is 3.67. The summed E-state index contributed by atoms with van der Waals surface area (Å²) in [5.41, 5.74) is 2.64. The Hall–Kier alpha value is -3.37. The normalized spacial score (nSPS) is 11.8. The van der Waals surface area contributed by atoms with Crippen LogP contribution in [-0.2, 0) is 6.61 Å². The first-order valence-electron chi connectivity index (χ1n) is 11.3. The molecule has 0 saturated carbocycles. The molecule has 186 valence electrons. The molecular weight excluding hydrogens is 544 g/mol. The zero-order valence-corrected chi connectivity index (χ0v) is 22.2. The van der Waals surface area contributed by atoms with Crippen molar-refractivity contribution in [3.05, 3.63) is 104 Å². The lowest BCUT2D eigenvalue weighted by molar-refractivity contribution is -0.479. The van der Waals surface area contributed by atoms with Gasteiger partial charge in [-0.3, -0.25) is 14.7 Å². The molecule has 10 heteroatoms. The van der Waals surface area contributed by atoms with Crippen molar-refractivity contribution >= 4 is 27.7 Å². The molecule has 36 heavy (non-hydrogen) atoms. The van der Waals surface area contributed by atoms with Crippen molar-refractivity contribution in [1.29, 1.82) is 0 Å². The summed E-state index contributed by atoms with van der Waals surface area (Å²) in [6.45, 7) is 4.23. The Morgan fingerprint density at radius 1 is 1.06 bits per heavy atom. The number of nitrogens with zero attached hydrogens (tertiary/aromatic N) is 4. The monoisotopic (exact) mass is 568 g/mol. The first-order chi connectivity index (χ1) is 17.5. The highest BCUT2D eigenvalue weighted by molar-refractivity contribution is 9.10. The van der Waals surface area contributed by atoms with Gasteiger partial charge < -0.3 is 9.47 Å². The van der Waals surface area contributed by atoms with Gasteiger partial charge in [0.05, 0.1) is 11.1 Å². The molecule has 1 aromatic heterocycles. The van der Waals surface area contributed by atoms with Crippen LogP contribution in [-0.4, -0.2) is 32.8 Å². The molecule has 4 rings (SSSR count). The predicted octanol–water partition coefficient (Wildman–Crippen LogP) is 6.43. The van der Waals surface area contributed by atoms with Crippen LogP contribution in [0.15, 0.2) is 82.4 Å². The van der Waals surface area contributed by atoms with Crippen LogP contribution in [0.2, 0.25) is 0 Å². The zero-order chi connectivity index (χ0) is 25.5. The quantitative estimate of drug-likeness (QED) is 0.117. The van der Waals surface area contributed by atoms with E-state index in [0.29, 0.717) is 40.2 Å². The summed E-state index contributed by atoms with van der Waals surface area (Å²) in [6.07, 6.45) is 0. The molecule has 0 N–H and O–H groups in total. The van der Waals surface area contributed by atoms with Gasteiger partial charge in [-0.1, -0.05) is 60.3 Å². The Labute approximate surface area is 221 Å². The van der Waals surface area contributed by atoms with E-state index in [2.05, 4.69) is 26.1 Å². The summed E-state index contributed by atoms with van der Waals surface area (Å²) in [5, 5.41) is 20.2. The van der Waals surface area contributed by atoms with Gasteiger partial charge in [0.25, 0.3) is 0 Å². The fourth-order valence-corrected chi connectivity index (χ4v) is 5.40. The Morgan fingerprint density at radius 3 is 2.42 bits per heavy atom. The lowest BCUT2D eigenvalue weighted by atomic mass is 10.1. The Balaban J connectivity index is 1.67. The summed E-state index contributed by atoms with van der Waals surface area (Å²) in [7, 11) is 0. The topological polar surface area (TPSA) is 92.3 Å². The number of aromatic nitrogens is 3. The average Bonchev–Trinajstić information content (AvgIpc) is 3.23. The third-order valence-corrected chi connectivity index (χ3v) is 7.07. The third kappa shape index (κ3) is 6.24. The van der Waals surface area contributed by atoms with Crippen LogP contribution in [0.1, 0.15) is 29.1 Å². The molecule has 0 spiro atoms. The van der Waals surface area contributed by atoms with Gasteiger partial charge in [-0.15, -0.1) is 10.2 Å². The molecule has 0 radical (unpaired) electrons. The number of hydrogen-bond donors (Lipinski definition) is 0. The number of benzene rings is 3. The van der Waals surface area contributed by atoms with Gasteiger partial charge in [0.2, 0.25) is 6.54 Å². The molecule has 1 heterocycles. The summed E-state index contributed by atoms with van der Waals surface area (Å²) >= 11 is 4.89. The van der Waals surface area contributed by atoms with Crippen LogP contribution in [0.4, 0.5) is 0 Å². The second-order valence-corrected chi connectivity index (χ2v) is 9.88. The van der Waals surface area contributed by atoms with Crippen molar-refractivity contribution in [2.45, 2.75) is 30.9 Å². The van der Waals surface area contributed by atoms with Crippen molar-refractivity contribution in [2.75, 3.05) is 13.2 Å². The van der Waals surface area contributed by atoms with Crippen molar-refractivity contribution in [3.63, 3.8) is 0 Å². The lowest BCUT2D eigenvalue weighted by Crippen LogP contribution is -2.12. The van der Waals surface area contributed by atoms with Gasteiger partial charge in [-0.05, 0) is 65.2 Å². The van der Waals surface area contributed by atoms with E-state index in [-0.39, 0.29) is 11.5 Å². The molecular formula is C26H25BrN4O4S. The van der Waals surface area contributed by atoms with Crippen molar-refractivity contribution < 1.29 is 14.4 Å². The summed E-state index contributed by atoms with van der Waals surface area (Å²) < 4.78 is 14.5. The predicted molar refractivity (Wildman–Crippen MR) is 143 cm³/mol. The number of rotatable bonds is 11. The average molecular weight is 569 g/mol. The van der Waals surface area contributed by atoms with E-state index in [4.69, 9.17) is 9.47 Å². The fraction of sp³-hybridized carbons (Fsp3) is 0.231. The number of hydrogen-bond acceptors (Lipinski definition) is 7. The summed E-state index contributed by atoms with van der Waals surface area (Å²) in [5.74, 6) is 1.77. The van der Waals surface area contributed by atoms with E-state index in [1.165, 1.54) is 11.8 Å². The molecule has 0 aliphatic carbocycles. The van der Waals surface area contributed by atoms with Crippen molar-refractivity contribution in [3.8, 4) is 17.2 Å². The minimum atomic E-state index is -0.537. The highest BCUT2D eigenvalue weighted by Gasteiger charge is 2.26. The molecule has 0 unspecified atom stereocenters. The molecule has 4 aromatic rings. The number of thioether (sulfide) groups is 1. The van der Waals surface area contributed by atoms with Crippen LogP contribution >= 0.6 is 27.7 Å². The van der Waals surface area contributed by atoms with Gasteiger partial charge in [0.1, 0.15) is 17.7 Å². The number of ether oxygens (including phenoxy) is 2. The summed E-state index contributed by atoms with van der Waals surface area (Å²) in [4.78, 5) is 11.3. The Bertz CT molecular complexity index is 1320. The maximum Gasteiger partial charge on any atom is 0.220 e. The smallest absolute Gasteiger partial charge is 0.220 e. The molecule has 0 aliphatic heterocycles. The van der Waals surface area contributed by atoms with E-state index >= 15 is 0 Å². The van der Waals surface area contributed by atoms with E-state index in [9.17, 15) is 10.1 Å². The second kappa shape index (κ2) is 12.0. The highest BCUT2D eigenvalue weighted by atomic mass is 79.9. The number of para-hydroxylation sites is 1. The number of halogens is 1. The molecule has 8 nitrogen and oxygen atoms in total. The maximum atomic E-state index is 11.6. The number of aryl methyl sites for hydroxylation is 1. The third-order valence-electron chi connectivity index (χ3n) is 5.30. The van der Waals surface area contributed by atoms with Gasteiger partial charge >= 0.3 is 0 Å². The Kier molecular flexibility index (Phi) is 8.61. The maximum absolute atomic E-state index is 11.6. The Morgan fingerprint density at radius 2 is 1.75 bits per heavy atom. The molecule has 0 aliphatic rings. The number of nitro groups is 1. The molecule has 0 fully saturated rings. The van der Waals surface area contributed by atoms with E-state index in [0.717, 1.165) is 16.8 Å². The van der Waals surface area contributed by atoms with E-state index in [1.807, 2.05) is 91.2 Å². The zero-order valence-electron chi connectivity index (χ0n) is 19.8. The van der Waals surface area contributed by atoms with Crippen LogP contribution in [0.5, 0.6) is 11.5 Å². The van der Waals surface area contributed by atoms with E-state index < -0.39 is 5.25 Å². The molecule has 1 atom stereocenters. The van der Waals surface area contributed by atoms with Gasteiger partial charge in [-0.25, -0.2) is 0 Å². The van der Waals surface area contributed by atoms with Crippen molar-refractivity contribution in [2.24, 2.45) is 0 Å². The highest BCUT2D eigenvalue weighted by Crippen LogP contribution is 2.43. The van der Waals surface area contributed by atoms with Gasteiger partial charge in [0.15, 0.2) is 16.7 Å². The van der Waals surface area contributed by atoms with Crippen LogP contribution in [0.25, 0.3) is 5.69 Å². The SMILES string of the molecule is CCOc1cc([C@@H](C[N+](=O)[O-])Sc2nnc(C)n2-c2ccccc2)cc(Br)c1OCc1ccccc1. The standard InChI is InChI=1S/C26H25BrN4O4S/c1-3-34-23-15-20(14-22(27)25(23)35-17-19-10-6-4-7-11-19)24(16-30(32)33)36-26-29-28-18(2)31(26)21-12-8-5-9-13-21/h4-15,24H,3,16-17H2,1-2H3/t24-/m1/s1. The molecule has 0 saturated heterocycles. The molecule has 0 amide bonds. The van der Waals surface area contributed by atoms with Crippen LogP contribution < -0.4 is 9.47 Å². The van der Waals surface area contributed by atoms with E-state index in [1.54, 1.807) is 0 Å². The minimum Gasteiger partial charge on any atom is -0.490 e. The van der Waals surface area contributed by atoms with Crippen LogP contribution in [0.3, 0.4) is 0 Å². The second-order valence-electron chi connectivity index (χ2n) is 7.86. The van der Waals surface area contributed by atoms with Crippen molar-refractivity contribution in [1.82, 2.24) is 14.8 Å².